The molecule has 0 aliphatic rings. The van der Waals surface area contributed by atoms with Crippen LogP contribution >= 0.6 is 361 Å². The van der Waals surface area contributed by atoms with Crippen molar-refractivity contribution in [1.82, 2.24) is 0 Å². The minimum atomic E-state index is -1.36. The molecule has 44 heteroatoms. The quantitative estimate of drug-likeness (QED) is 0.0123. The zero-order valence-corrected chi connectivity index (χ0v) is 104. The molecule has 28 nitrogen and oxygen atoms in total. The maximum atomic E-state index is 10.9. The number of aromatic hydroxyl groups is 6. The minimum Gasteiger partial charge on any atom is -0.508 e. The number of carbonyl (C=O) groups is 6. The van der Waals surface area contributed by atoms with Crippen LogP contribution in [-0.4, -0.2) is 116 Å². The van der Waals surface area contributed by atoms with Crippen LogP contribution in [0.15, 0.2) is 176 Å². The van der Waals surface area contributed by atoms with Gasteiger partial charge in [-0.15, -0.1) is 0 Å². The molecule has 2 unspecified atom stereocenters. The predicted octanol–water partition coefficient (Wildman–Crippen LogP) is 28.6. The highest BCUT2D eigenvalue weighted by Crippen LogP contribution is 2.44. The molecule has 0 aliphatic heterocycles. The van der Waals surface area contributed by atoms with Gasteiger partial charge in [0.15, 0.2) is 29.6 Å². The summed E-state index contributed by atoms with van der Waals surface area (Å²) in [5.74, 6) is 5.40. The molecule has 12 aromatic rings. The van der Waals surface area contributed by atoms with Crippen LogP contribution in [0.5, 0.6) is 115 Å². The first kappa shape index (κ1) is 113. The molecule has 12 aromatic carbocycles. The Morgan fingerprint density at radius 3 is 1.04 bits per heavy atom. The van der Waals surface area contributed by atoms with Gasteiger partial charge in [0.05, 0.1) is 63.5 Å². The van der Waals surface area contributed by atoms with Crippen molar-refractivity contribution in [3.05, 3.63) is 272 Å². The number of rotatable bonds is 28. The standard InChI is InChI=1S/C19H22O5.C15H11I4NO4.C15H12I3NO4.C15H12I2O4.C14H9I3O4.C13H6I4O5.4H2/c1-11(2)16-9-14(5-6-17(16)20)24-19-12(3)7-15(8-13(19)4)23-10-18(21)22;16-8-4-7(5-9(17)13(8)21)24-14-10(18)1-6(2-11(14)19)3-12(20)15(22)23;16-9-6-8(1-2-13(9)20)23-14-10(17)3-7(4-11(14)18)5-12(19)15(21)22;16-12-7-9(1-6-14(19)20)8-13(17)15(12)21-11-4-2-10(18)3-5-11;15-9-3-7(4-13(18)19)1-2-12(9)21-8-5-10(16)14(20)11(17)6-8;14-7-1-5(2-8(15)11(7)18)21-12-9(16)3-6(4-10(12)17)22-13(19)20;;;;/h5-9,11,20H,10H2,1-4H3,(H,21,22);1-2,4-5,12,21H,3,20H2,(H,22,23);1-4,6,12,20H,5,19H2,(H,21,22);2-5,7-8,18H,1,6H2,(H,19,20);1-3,5-6,20H,4H2,(H,18,19);1-4,18H,(H,19,20);4*1H/i;;;;;;3*1+2T;1+2. The highest BCUT2D eigenvalue weighted by molar-refractivity contribution is 14.1. The van der Waals surface area contributed by atoms with Gasteiger partial charge in [-0.2, -0.15) is 0 Å². The summed E-state index contributed by atoms with van der Waals surface area (Å²) in [4.78, 5) is 64.3. The lowest BCUT2D eigenvalue weighted by molar-refractivity contribution is -0.140. The first-order chi connectivity index (χ1) is 66.3. The van der Waals surface area contributed by atoms with Crippen molar-refractivity contribution in [2.24, 2.45) is 11.5 Å². The lowest BCUT2D eigenvalue weighted by atomic mass is 10.0. The first-order valence-corrected chi connectivity index (χ1v) is 55.3. The van der Waals surface area contributed by atoms with Crippen molar-refractivity contribution in [3.8, 4) is 115 Å². The van der Waals surface area contributed by atoms with Crippen LogP contribution in [0, 0.1) is 71.0 Å². The van der Waals surface area contributed by atoms with Gasteiger partial charge < -0.3 is 111 Å². The van der Waals surface area contributed by atoms with Crippen LogP contribution in [0.2, 0.25) is 0 Å². The number of nitrogens with two attached hydrogens (primary N) is 2. The lowest BCUT2D eigenvalue weighted by Gasteiger charge is -2.16. The van der Waals surface area contributed by atoms with Gasteiger partial charge in [-0.1, -0.05) is 19.9 Å². The zero-order valence-electron chi connectivity index (χ0n) is 75.5. The monoisotopic (exact) mass is 3660 g/mol. The molecule has 722 valence electrons. The van der Waals surface area contributed by atoms with E-state index in [1.807, 2.05) is 183 Å². The molecule has 0 heterocycles. The number of halogens is 16. The van der Waals surface area contributed by atoms with Crippen molar-refractivity contribution >= 4 is 397 Å². The Bertz CT molecular complexity index is 6210. The summed E-state index contributed by atoms with van der Waals surface area (Å²) in [6, 6.07) is 48.6. The summed E-state index contributed by atoms with van der Waals surface area (Å²) >= 11 is 33.5. The van der Waals surface area contributed by atoms with Crippen LogP contribution in [0.25, 0.3) is 0 Å². The fraction of sp³-hybridized carbons (Fsp3) is 0.143. The topological polar surface area (TPSA) is 471 Å². The van der Waals surface area contributed by atoms with Crippen LogP contribution in [-0.2, 0) is 49.7 Å². The van der Waals surface area contributed by atoms with Gasteiger partial charge >= 0.3 is 36.0 Å². The third-order valence-electron chi connectivity index (χ3n) is 17.3. The van der Waals surface area contributed by atoms with Gasteiger partial charge in [0.1, 0.15) is 104 Å². The molecule has 0 amide bonds. The predicted molar refractivity (Wildman–Crippen MR) is 651 cm³/mol. The molecular formula is C91H80I16N2O26. The van der Waals surface area contributed by atoms with Gasteiger partial charge in [0.25, 0.3) is 0 Å². The molecule has 0 aromatic heterocycles. The Hall–Kier alpha value is -3.74. The molecule has 0 saturated carbocycles. The number of aliphatic carboxylic acids is 5. The van der Waals surface area contributed by atoms with Crippen LogP contribution in [0.1, 0.15) is 75.5 Å². The summed E-state index contributed by atoms with van der Waals surface area (Å²) in [6.45, 7) is 7.38. The number of carboxylic acid groups (broad SMARTS) is 6. The maximum absolute atomic E-state index is 10.9. The highest BCUT2D eigenvalue weighted by Gasteiger charge is 2.23. The van der Waals surface area contributed by atoms with E-state index in [9.17, 15) is 59.4 Å². The molecule has 2 atom stereocenters. The van der Waals surface area contributed by atoms with E-state index >= 15 is 0 Å². The third-order valence-corrected chi connectivity index (χ3v) is 30.4. The van der Waals surface area contributed by atoms with Gasteiger partial charge in [-0.25, -0.2) is 9.59 Å². The minimum absolute atomic E-state index is 0. The number of hydrogen-bond acceptors (Lipinski definition) is 22. The smallest absolute Gasteiger partial charge is 0.508 e. The molecule has 16 N–H and O–H groups in total. The van der Waals surface area contributed by atoms with Crippen LogP contribution < -0.4 is 49.4 Å². The molecule has 0 spiro atoms. The third kappa shape index (κ3) is 38.7. The van der Waals surface area contributed by atoms with Crippen molar-refractivity contribution in [2.45, 2.75) is 77.8 Å². The summed E-state index contributed by atoms with van der Waals surface area (Å²) in [5.41, 5.74) is 17.1. The summed E-state index contributed by atoms with van der Waals surface area (Å²) in [6.07, 6.45) is -0.228. The second kappa shape index (κ2) is 57.1. The summed E-state index contributed by atoms with van der Waals surface area (Å²) < 4.78 is 87.8. The van der Waals surface area contributed by atoms with Gasteiger partial charge in [-0.3, -0.25) is 19.2 Å². The number of benzene rings is 12. The van der Waals surface area contributed by atoms with Crippen LogP contribution in [0.3, 0.4) is 0 Å². The molecule has 0 radical (unpaired) electrons. The fourth-order valence-corrected chi connectivity index (χ4v) is 25.7. The number of hydrogen-bond donors (Lipinski definition) is 14. The van der Waals surface area contributed by atoms with E-state index in [2.05, 4.69) is 253 Å². The Morgan fingerprint density at radius 2 is 0.674 bits per heavy atom. The first-order valence-electron chi connectivity index (χ1n) is 41.0. The SMILES string of the molecule is Cc1cc(OCC(=O)O)cc(C)c1Oc1ccc(O)c(C(C)C)c1.NC(Cc1cc(I)c(Oc2cc(I)c(O)c(I)c2)c(I)c1)C(=O)O.NC(Cc1cc(I)c(Oc2ccc(O)c(I)c2)c(I)c1)C(=O)O.O=C(O)CCc1cc(I)c(Oc2ccc(O)cc2)c(I)c1.O=C(O)Cc1ccc(Oc2cc(I)c(O)c(I)c2)c(I)c1.O=C(O)Oc1cc(I)c(Oc2cc(I)c(O)c(I)c2)c(I)c1.[3HH].[3H][3H].[3H][3H].[3H][3H]. The number of phenolic OH excluding ortho intramolecular Hbond substituents is 6. The summed E-state index contributed by atoms with van der Waals surface area (Å²) in [5, 5.41) is 111. The van der Waals surface area contributed by atoms with Crippen molar-refractivity contribution < 1.29 is 138 Å². The highest BCUT2D eigenvalue weighted by atomic mass is 127. The largest absolute Gasteiger partial charge is 0.511 e. The van der Waals surface area contributed by atoms with Gasteiger partial charge in [0.2, 0.25) is 0 Å². The van der Waals surface area contributed by atoms with E-state index in [4.69, 9.17) is 84.2 Å². The second-order valence-corrected chi connectivity index (χ2v) is 46.7. The maximum Gasteiger partial charge on any atom is 0.511 e. The Morgan fingerprint density at radius 1 is 0.333 bits per heavy atom. The van der Waals surface area contributed by atoms with Crippen LogP contribution in [0.4, 0.5) is 4.79 Å². The van der Waals surface area contributed by atoms with Crippen molar-refractivity contribution in [2.75, 3.05) is 6.61 Å². The van der Waals surface area contributed by atoms with Gasteiger partial charge in [-0.05, 0) is 604 Å². The van der Waals surface area contributed by atoms with E-state index in [1.54, 1.807) is 133 Å². The molecule has 135 heavy (non-hydrogen) atoms. The second-order valence-electron chi connectivity index (χ2n) is 28.1. The lowest BCUT2D eigenvalue weighted by Crippen LogP contribution is -2.32. The van der Waals surface area contributed by atoms with E-state index < -0.39 is 48.1 Å². The number of carboxylic acids is 5. The average Bonchev–Trinajstić information content (AvgIpc) is 0.829. The van der Waals surface area contributed by atoms with Gasteiger partial charge in [0, 0.05) is 22.3 Å². The van der Waals surface area contributed by atoms with Crippen molar-refractivity contribution in [1.29, 1.82) is 0 Å². The van der Waals surface area contributed by atoms with Crippen molar-refractivity contribution in [3.63, 3.8) is 0 Å². The Balaban J connectivity index is 0.000000433. The Kier molecular flexibility index (Phi) is 47.9. The summed E-state index contributed by atoms with van der Waals surface area (Å²) in [7, 11) is 0. The zero-order chi connectivity index (χ0) is 106. The molecule has 12 rings (SSSR count). The van der Waals surface area contributed by atoms with E-state index in [1.165, 1.54) is 0 Å². The number of phenols is 6. The average molecular weight is 3660 g/mol. The number of ether oxygens (including phenoxy) is 8. The molecular weight excluding hydrogens is 3570 g/mol. The normalized spacial score (nSPS) is 11.2. The van der Waals surface area contributed by atoms with E-state index in [0.29, 0.717) is 100 Å². The molecule has 0 aliphatic carbocycles. The molecule has 0 bridgehead atoms. The molecule has 0 saturated heterocycles. The number of aryl methyl sites for hydroxylation is 3. The Labute approximate surface area is 1000 Å². The van der Waals surface area contributed by atoms with E-state index in [0.717, 1.165) is 76.8 Å². The molecule has 0 fully saturated rings. The fourth-order valence-electron chi connectivity index (χ4n) is 11.1. The van der Waals surface area contributed by atoms with E-state index in [-0.39, 0.29) is 79.9 Å².